The molecule has 0 bridgehead atoms. The van der Waals surface area contributed by atoms with Gasteiger partial charge in [0.05, 0.1) is 6.04 Å². The van der Waals surface area contributed by atoms with Gasteiger partial charge < -0.3 is 0 Å². The number of nitrogens with two attached hydrogens (primary N) is 1. The Labute approximate surface area is 110 Å². The summed E-state index contributed by atoms with van der Waals surface area (Å²) in [6.45, 7) is 3.71. The molecule has 0 saturated carbocycles. The highest BCUT2D eigenvalue weighted by Crippen LogP contribution is 2.24. The van der Waals surface area contributed by atoms with E-state index in [-0.39, 0.29) is 0 Å². The van der Waals surface area contributed by atoms with Crippen molar-refractivity contribution in [1.82, 2.24) is 10.4 Å². The van der Waals surface area contributed by atoms with Crippen LogP contribution in [0, 0.1) is 25.5 Å². The Morgan fingerprint density at radius 3 is 1.89 bits per heavy atom. The summed E-state index contributed by atoms with van der Waals surface area (Å²) >= 11 is 0. The number of nitrogens with zero attached hydrogens (tertiary/aromatic N) is 1. The molecule has 1 aromatic heterocycles. The third-order valence-corrected chi connectivity index (χ3v) is 2.82. The van der Waals surface area contributed by atoms with Crippen LogP contribution in [0.2, 0.25) is 0 Å². The topological polar surface area (TPSA) is 50.9 Å². The van der Waals surface area contributed by atoms with E-state index in [4.69, 9.17) is 5.84 Å². The van der Waals surface area contributed by atoms with E-state index in [0.29, 0.717) is 5.56 Å². The molecule has 1 heterocycles. The van der Waals surface area contributed by atoms with E-state index >= 15 is 0 Å². The van der Waals surface area contributed by atoms with Crippen LogP contribution in [-0.4, -0.2) is 4.98 Å². The zero-order chi connectivity index (χ0) is 14.0. The van der Waals surface area contributed by atoms with Gasteiger partial charge in [-0.15, -0.1) is 0 Å². The van der Waals surface area contributed by atoms with E-state index in [2.05, 4.69) is 10.4 Å². The van der Waals surface area contributed by atoms with Gasteiger partial charge in [-0.2, -0.15) is 0 Å². The van der Waals surface area contributed by atoms with Gasteiger partial charge in [0.2, 0.25) is 0 Å². The summed E-state index contributed by atoms with van der Waals surface area (Å²) in [5, 5.41) is 0. The predicted octanol–water partition coefficient (Wildman–Crippen LogP) is 2.53. The minimum absolute atomic E-state index is 0.435. The van der Waals surface area contributed by atoms with Crippen LogP contribution >= 0.6 is 0 Å². The van der Waals surface area contributed by atoms with Crippen molar-refractivity contribution < 1.29 is 8.78 Å². The van der Waals surface area contributed by atoms with Crippen LogP contribution < -0.4 is 11.3 Å². The molecule has 3 nitrogen and oxygen atoms in total. The summed E-state index contributed by atoms with van der Waals surface area (Å²) in [6, 6.07) is 6.55. The average Bonchev–Trinajstić information content (AvgIpc) is 2.27. The summed E-state index contributed by atoms with van der Waals surface area (Å²) < 4.78 is 26.6. The molecule has 5 heteroatoms. The lowest BCUT2D eigenvalue weighted by molar-refractivity contribution is 0.566. The highest BCUT2D eigenvalue weighted by Gasteiger charge is 2.15. The van der Waals surface area contributed by atoms with Crippen LogP contribution in [0.25, 0.3) is 0 Å². The second-order valence-corrected chi connectivity index (χ2v) is 4.49. The largest absolute Gasteiger partial charge is 0.271 e. The first-order chi connectivity index (χ1) is 8.99. The summed E-state index contributed by atoms with van der Waals surface area (Å²) in [7, 11) is 0. The number of hydrazine groups is 1. The molecular weight excluding hydrogens is 248 g/mol. The number of hydrogen-bond acceptors (Lipinski definition) is 3. The van der Waals surface area contributed by atoms with Crippen LogP contribution in [0.4, 0.5) is 8.78 Å². The van der Waals surface area contributed by atoms with Gasteiger partial charge in [0.15, 0.2) is 0 Å². The summed E-state index contributed by atoms with van der Waals surface area (Å²) in [6.07, 6.45) is 0. The van der Waals surface area contributed by atoms with Crippen molar-refractivity contribution in [2.24, 2.45) is 5.84 Å². The monoisotopic (exact) mass is 263 g/mol. The quantitative estimate of drug-likeness (QED) is 0.661. The molecule has 19 heavy (non-hydrogen) atoms. The van der Waals surface area contributed by atoms with Gasteiger partial charge in [-0.3, -0.25) is 10.8 Å². The van der Waals surface area contributed by atoms with Crippen molar-refractivity contribution in [1.29, 1.82) is 0 Å². The summed E-state index contributed by atoms with van der Waals surface area (Å²) in [5.41, 5.74) is 5.49. The third-order valence-electron chi connectivity index (χ3n) is 2.82. The maximum Gasteiger partial charge on any atom is 0.126 e. The van der Waals surface area contributed by atoms with Crippen molar-refractivity contribution >= 4 is 0 Å². The molecule has 0 saturated heterocycles. The second kappa shape index (κ2) is 5.42. The fraction of sp³-hybridized carbons (Fsp3) is 0.214. The lowest BCUT2D eigenvalue weighted by Gasteiger charge is -2.18. The van der Waals surface area contributed by atoms with Crippen LogP contribution in [0.3, 0.4) is 0 Å². The normalized spacial score (nSPS) is 12.5. The Bertz CT molecular complexity index is 507. The molecule has 3 N–H and O–H groups in total. The highest BCUT2D eigenvalue weighted by atomic mass is 19.1. The molecule has 0 radical (unpaired) electrons. The number of hydrogen-bond donors (Lipinski definition) is 2. The molecule has 0 amide bonds. The molecule has 0 aliphatic heterocycles. The van der Waals surface area contributed by atoms with Crippen molar-refractivity contribution in [2.75, 3.05) is 0 Å². The molecular formula is C14H15F2N3. The molecule has 2 rings (SSSR count). The van der Waals surface area contributed by atoms with E-state index in [0.717, 1.165) is 23.0 Å². The van der Waals surface area contributed by atoms with Crippen LogP contribution in [0.5, 0.6) is 0 Å². The zero-order valence-electron chi connectivity index (χ0n) is 10.7. The first-order valence-corrected chi connectivity index (χ1v) is 5.87. The molecule has 1 aromatic carbocycles. The van der Waals surface area contributed by atoms with Crippen LogP contribution in [0.15, 0.2) is 30.3 Å². The number of nitrogens with one attached hydrogen (secondary N) is 1. The minimum atomic E-state index is -0.627. The van der Waals surface area contributed by atoms with Gasteiger partial charge in [-0.1, -0.05) is 0 Å². The highest BCUT2D eigenvalue weighted by molar-refractivity contribution is 5.33. The molecule has 0 fully saturated rings. The van der Waals surface area contributed by atoms with Crippen molar-refractivity contribution in [2.45, 2.75) is 19.9 Å². The Morgan fingerprint density at radius 2 is 1.42 bits per heavy atom. The molecule has 2 aromatic rings. The van der Waals surface area contributed by atoms with Crippen molar-refractivity contribution in [3.05, 3.63) is 64.5 Å². The molecule has 1 unspecified atom stereocenters. The maximum atomic E-state index is 13.3. The summed E-state index contributed by atoms with van der Waals surface area (Å²) in [5.74, 6) is 4.27. The molecule has 0 spiro atoms. The number of pyridine rings is 1. The number of aryl methyl sites for hydroxylation is 2. The van der Waals surface area contributed by atoms with Gasteiger partial charge in [-0.05, 0) is 49.2 Å². The molecule has 1 atom stereocenters. The maximum absolute atomic E-state index is 13.3. The number of benzene rings is 1. The lowest BCUT2D eigenvalue weighted by atomic mass is 9.98. The van der Waals surface area contributed by atoms with E-state index in [9.17, 15) is 8.78 Å². The van der Waals surface area contributed by atoms with E-state index in [1.807, 2.05) is 26.0 Å². The number of rotatable bonds is 3. The second-order valence-electron chi connectivity index (χ2n) is 4.49. The number of aromatic nitrogens is 1. The SMILES string of the molecule is Cc1cc(C(NN)c2cc(F)cc(F)c2)cc(C)n1. The first kappa shape index (κ1) is 13.6. The van der Waals surface area contributed by atoms with Gasteiger partial charge >= 0.3 is 0 Å². The van der Waals surface area contributed by atoms with E-state index in [1.54, 1.807) is 0 Å². The average molecular weight is 263 g/mol. The zero-order valence-corrected chi connectivity index (χ0v) is 10.7. The molecule has 0 aliphatic carbocycles. The van der Waals surface area contributed by atoms with Gasteiger partial charge in [0, 0.05) is 17.5 Å². The Kier molecular flexibility index (Phi) is 3.87. The molecule has 0 aliphatic rings. The Morgan fingerprint density at radius 1 is 0.947 bits per heavy atom. The minimum Gasteiger partial charge on any atom is -0.271 e. The van der Waals surface area contributed by atoms with E-state index < -0.39 is 17.7 Å². The molecule has 100 valence electrons. The van der Waals surface area contributed by atoms with Crippen LogP contribution in [-0.2, 0) is 0 Å². The predicted molar refractivity (Wildman–Crippen MR) is 69.2 cm³/mol. The Balaban J connectivity index is 2.49. The van der Waals surface area contributed by atoms with Gasteiger partial charge in [-0.25, -0.2) is 14.2 Å². The summed E-state index contributed by atoms with van der Waals surface area (Å²) in [4.78, 5) is 4.26. The standard InChI is InChI=1S/C14H15F2N3/c1-8-3-10(4-9(2)18-8)14(19-17)11-5-12(15)7-13(16)6-11/h3-7,14,19H,17H2,1-2H3. The van der Waals surface area contributed by atoms with Crippen molar-refractivity contribution in [3.8, 4) is 0 Å². The fourth-order valence-electron chi connectivity index (χ4n) is 2.16. The third kappa shape index (κ3) is 3.13. The smallest absolute Gasteiger partial charge is 0.126 e. The fourth-order valence-corrected chi connectivity index (χ4v) is 2.16. The van der Waals surface area contributed by atoms with Crippen molar-refractivity contribution in [3.63, 3.8) is 0 Å². The van der Waals surface area contributed by atoms with Gasteiger partial charge in [0.25, 0.3) is 0 Å². The number of halogens is 2. The Hall–Kier alpha value is -1.85. The van der Waals surface area contributed by atoms with Gasteiger partial charge in [0.1, 0.15) is 11.6 Å². The van der Waals surface area contributed by atoms with E-state index in [1.165, 1.54) is 12.1 Å². The van der Waals surface area contributed by atoms with Crippen LogP contribution in [0.1, 0.15) is 28.6 Å². The first-order valence-electron chi connectivity index (χ1n) is 5.87. The lowest BCUT2D eigenvalue weighted by Crippen LogP contribution is -2.29.